The lowest BCUT2D eigenvalue weighted by atomic mass is 9.95. The fraction of sp³-hybridized carbons (Fsp3) is 0.176. The summed E-state index contributed by atoms with van der Waals surface area (Å²) in [5.41, 5.74) is 3.50. The summed E-state index contributed by atoms with van der Waals surface area (Å²) in [6, 6.07) is 11.1. The normalized spacial score (nSPS) is 12.2. The molecule has 21 heavy (non-hydrogen) atoms. The molecule has 0 atom stereocenters. The number of nitrogens with zero attached hydrogens (tertiary/aromatic N) is 2. The summed E-state index contributed by atoms with van der Waals surface area (Å²) < 4.78 is 0. The summed E-state index contributed by atoms with van der Waals surface area (Å²) in [6.07, 6.45) is 4.37. The SMILES string of the molecule is CN(C)CC(=C(C=O)c1ccc(Cl)cc1)c1ccncc1. The van der Waals surface area contributed by atoms with Crippen molar-refractivity contribution in [2.75, 3.05) is 20.6 Å². The molecule has 1 heterocycles. The second-order valence-electron chi connectivity index (χ2n) is 4.99. The lowest BCUT2D eigenvalue weighted by Crippen LogP contribution is -2.16. The molecule has 0 spiro atoms. The van der Waals surface area contributed by atoms with E-state index in [2.05, 4.69) is 4.98 Å². The van der Waals surface area contributed by atoms with Crippen LogP contribution in [0.5, 0.6) is 0 Å². The van der Waals surface area contributed by atoms with Crippen molar-refractivity contribution in [1.29, 1.82) is 0 Å². The third-order valence-corrected chi connectivity index (χ3v) is 3.35. The van der Waals surface area contributed by atoms with Crippen LogP contribution < -0.4 is 0 Å². The molecule has 1 aromatic carbocycles. The molecule has 108 valence electrons. The number of carbonyl (C=O) groups excluding carboxylic acids is 1. The second-order valence-corrected chi connectivity index (χ2v) is 5.43. The zero-order valence-electron chi connectivity index (χ0n) is 12.1. The molecule has 0 aliphatic carbocycles. The Hall–Kier alpha value is -1.97. The molecule has 0 radical (unpaired) electrons. The summed E-state index contributed by atoms with van der Waals surface area (Å²) in [6.45, 7) is 0.667. The van der Waals surface area contributed by atoms with E-state index < -0.39 is 0 Å². The molecule has 0 fully saturated rings. The van der Waals surface area contributed by atoms with Crippen molar-refractivity contribution >= 4 is 29.0 Å². The molecule has 4 heteroatoms. The highest BCUT2D eigenvalue weighted by Crippen LogP contribution is 2.26. The lowest BCUT2D eigenvalue weighted by Gasteiger charge is -2.17. The van der Waals surface area contributed by atoms with Gasteiger partial charge in [0.05, 0.1) is 0 Å². The van der Waals surface area contributed by atoms with Gasteiger partial charge in [-0.25, -0.2) is 0 Å². The Morgan fingerprint density at radius 2 is 1.71 bits per heavy atom. The van der Waals surface area contributed by atoms with Crippen molar-refractivity contribution in [2.24, 2.45) is 0 Å². The van der Waals surface area contributed by atoms with E-state index in [1.54, 1.807) is 24.5 Å². The Bertz CT molecular complexity index is 634. The molecule has 0 saturated carbocycles. The predicted molar refractivity (Wildman–Crippen MR) is 87.1 cm³/mol. The van der Waals surface area contributed by atoms with Gasteiger partial charge < -0.3 is 4.90 Å². The number of hydrogen-bond acceptors (Lipinski definition) is 3. The van der Waals surface area contributed by atoms with Crippen LogP contribution in [0.2, 0.25) is 5.02 Å². The van der Waals surface area contributed by atoms with Crippen LogP contribution in [0, 0.1) is 0 Å². The first kappa shape index (κ1) is 15.4. The topological polar surface area (TPSA) is 33.2 Å². The Balaban J connectivity index is 2.58. The first-order valence-electron chi connectivity index (χ1n) is 6.61. The van der Waals surface area contributed by atoms with Crippen LogP contribution in [0.15, 0.2) is 48.8 Å². The summed E-state index contributed by atoms with van der Waals surface area (Å²) in [5, 5.41) is 0.655. The molecule has 3 nitrogen and oxygen atoms in total. The van der Waals surface area contributed by atoms with E-state index in [1.807, 2.05) is 43.3 Å². The van der Waals surface area contributed by atoms with E-state index in [-0.39, 0.29) is 0 Å². The maximum Gasteiger partial charge on any atom is 0.151 e. The number of rotatable bonds is 5. The third kappa shape index (κ3) is 4.00. The fourth-order valence-corrected chi connectivity index (χ4v) is 2.27. The van der Waals surface area contributed by atoms with Gasteiger partial charge in [0.2, 0.25) is 0 Å². The van der Waals surface area contributed by atoms with Gasteiger partial charge in [-0.2, -0.15) is 0 Å². The number of carbonyl (C=O) groups is 1. The lowest BCUT2D eigenvalue weighted by molar-refractivity contribution is -0.103. The first-order chi connectivity index (χ1) is 10.1. The van der Waals surface area contributed by atoms with Crippen LogP contribution in [0.4, 0.5) is 0 Å². The molecule has 0 saturated heterocycles. The number of benzene rings is 1. The minimum absolute atomic E-state index is 0.655. The monoisotopic (exact) mass is 300 g/mol. The van der Waals surface area contributed by atoms with Crippen LogP contribution in [-0.2, 0) is 4.79 Å². The Labute approximate surface area is 129 Å². The van der Waals surface area contributed by atoms with Crippen molar-refractivity contribution in [3.8, 4) is 0 Å². The number of hydrogen-bond donors (Lipinski definition) is 0. The molecule has 1 aromatic heterocycles. The smallest absolute Gasteiger partial charge is 0.151 e. The fourth-order valence-electron chi connectivity index (χ4n) is 2.14. The largest absolute Gasteiger partial charge is 0.305 e. The van der Waals surface area contributed by atoms with Crippen LogP contribution in [-0.4, -0.2) is 36.8 Å². The van der Waals surface area contributed by atoms with Gasteiger partial charge in [0.15, 0.2) is 6.29 Å². The molecule has 0 unspecified atom stereocenters. The number of aldehydes is 1. The Kier molecular flexibility index (Phi) is 5.26. The van der Waals surface area contributed by atoms with Gasteiger partial charge in [-0.05, 0) is 55.1 Å². The van der Waals surface area contributed by atoms with Gasteiger partial charge >= 0.3 is 0 Å². The minimum Gasteiger partial charge on any atom is -0.305 e. The average molecular weight is 301 g/mol. The van der Waals surface area contributed by atoms with Crippen molar-refractivity contribution in [2.45, 2.75) is 0 Å². The Morgan fingerprint density at radius 3 is 2.24 bits per heavy atom. The van der Waals surface area contributed by atoms with Gasteiger partial charge in [-0.15, -0.1) is 0 Å². The standard InChI is InChI=1S/C17H17ClN2O/c1-20(2)11-16(14-7-9-19-10-8-14)17(12-21)13-3-5-15(18)6-4-13/h3-10,12H,11H2,1-2H3. The van der Waals surface area contributed by atoms with Gasteiger partial charge in [-0.1, -0.05) is 23.7 Å². The predicted octanol–water partition coefficient (Wildman–Crippen LogP) is 3.41. The second kappa shape index (κ2) is 7.16. The number of likely N-dealkylation sites (N-methyl/N-ethyl adjacent to an activating group) is 1. The molecule has 2 aromatic rings. The zero-order valence-corrected chi connectivity index (χ0v) is 12.8. The molecule has 0 N–H and O–H groups in total. The van der Waals surface area contributed by atoms with Crippen molar-refractivity contribution in [3.05, 3.63) is 64.9 Å². The first-order valence-corrected chi connectivity index (χ1v) is 6.99. The number of allylic oxidation sites excluding steroid dienone is 1. The maximum absolute atomic E-state index is 11.7. The summed E-state index contributed by atoms with van der Waals surface area (Å²) >= 11 is 5.92. The molecule has 0 amide bonds. The van der Waals surface area contributed by atoms with Gasteiger partial charge in [-0.3, -0.25) is 9.78 Å². The van der Waals surface area contributed by atoms with Crippen molar-refractivity contribution in [1.82, 2.24) is 9.88 Å². The van der Waals surface area contributed by atoms with Gasteiger partial charge in [0.25, 0.3) is 0 Å². The summed E-state index contributed by atoms with van der Waals surface area (Å²) in [5.74, 6) is 0. The number of pyridine rings is 1. The summed E-state index contributed by atoms with van der Waals surface area (Å²) in [4.78, 5) is 17.7. The quantitative estimate of drug-likeness (QED) is 0.627. The van der Waals surface area contributed by atoms with Crippen LogP contribution in [0.3, 0.4) is 0 Å². The highest BCUT2D eigenvalue weighted by molar-refractivity contribution is 6.30. The van der Waals surface area contributed by atoms with Gasteiger partial charge in [0, 0.05) is 29.5 Å². The molecule has 0 bridgehead atoms. The highest BCUT2D eigenvalue weighted by atomic mass is 35.5. The van der Waals surface area contributed by atoms with Crippen molar-refractivity contribution < 1.29 is 4.79 Å². The van der Waals surface area contributed by atoms with E-state index in [1.165, 1.54) is 0 Å². The number of halogens is 1. The Morgan fingerprint density at radius 1 is 1.10 bits per heavy atom. The molecule has 0 aliphatic rings. The van der Waals surface area contributed by atoms with Crippen LogP contribution in [0.1, 0.15) is 11.1 Å². The van der Waals surface area contributed by atoms with Crippen LogP contribution in [0.25, 0.3) is 11.1 Å². The zero-order chi connectivity index (χ0) is 15.2. The molecule has 2 rings (SSSR count). The highest BCUT2D eigenvalue weighted by Gasteiger charge is 2.12. The van der Waals surface area contributed by atoms with E-state index in [0.717, 1.165) is 23.0 Å². The average Bonchev–Trinajstić information content (AvgIpc) is 2.49. The minimum atomic E-state index is 0.655. The maximum atomic E-state index is 11.7. The van der Waals surface area contributed by atoms with Gasteiger partial charge in [0.1, 0.15) is 0 Å². The third-order valence-electron chi connectivity index (χ3n) is 3.10. The van der Waals surface area contributed by atoms with Crippen LogP contribution >= 0.6 is 11.6 Å². The van der Waals surface area contributed by atoms with E-state index in [9.17, 15) is 4.79 Å². The summed E-state index contributed by atoms with van der Waals surface area (Å²) in [7, 11) is 3.96. The van der Waals surface area contributed by atoms with E-state index in [0.29, 0.717) is 17.1 Å². The molecular formula is C17H17ClN2O. The van der Waals surface area contributed by atoms with Crippen molar-refractivity contribution in [3.63, 3.8) is 0 Å². The van der Waals surface area contributed by atoms with E-state index >= 15 is 0 Å². The number of aromatic nitrogens is 1. The van der Waals surface area contributed by atoms with E-state index in [4.69, 9.17) is 11.6 Å². The molecular weight excluding hydrogens is 284 g/mol. The molecule has 0 aliphatic heterocycles.